The number of imidazole rings is 2. The lowest BCUT2D eigenvalue weighted by Gasteiger charge is -2.36. The molecule has 0 spiro atoms. The number of amides is 2. The number of primary amides is 1. The van der Waals surface area contributed by atoms with Gasteiger partial charge in [-0.25, -0.2) is 9.97 Å². The molecule has 3 aromatic rings. The highest BCUT2D eigenvalue weighted by Crippen LogP contribution is 2.32. The number of H-pyrrole nitrogens is 2. The second-order valence-corrected chi connectivity index (χ2v) is 7.07. The van der Waals surface area contributed by atoms with Gasteiger partial charge in [-0.05, 0) is 30.9 Å². The van der Waals surface area contributed by atoms with Gasteiger partial charge in [-0.1, -0.05) is 31.9 Å². The number of aromatic nitrogens is 4. The molecule has 2 amide bonds. The lowest BCUT2D eigenvalue weighted by Crippen LogP contribution is -2.46. The molecule has 0 radical (unpaired) electrons. The summed E-state index contributed by atoms with van der Waals surface area (Å²) in [5, 5.41) is 0. The number of nitrogens with two attached hydrogens (primary N) is 1. The van der Waals surface area contributed by atoms with Gasteiger partial charge in [-0.3, -0.25) is 14.5 Å². The summed E-state index contributed by atoms with van der Waals surface area (Å²) >= 11 is 0. The highest BCUT2D eigenvalue weighted by atomic mass is 16.2. The van der Waals surface area contributed by atoms with E-state index >= 15 is 0 Å². The fraction of sp³-hybridized carbons (Fsp3) is 0.368. The molecule has 0 bridgehead atoms. The predicted molar refractivity (Wildman–Crippen MR) is 101 cm³/mol. The number of fused-ring (bicyclic) bond motifs is 1. The van der Waals surface area contributed by atoms with Crippen LogP contribution in [0.5, 0.6) is 0 Å². The van der Waals surface area contributed by atoms with E-state index in [9.17, 15) is 9.59 Å². The van der Waals surface area contributed by atoms with Crippen molar-refractivity contribution in [3.63, 3.8) is 0 Å². The number of nitrogens with zero attached hydrogens (tertiary/aromatic N) is 3. The Morgan fingerprint density at radius 1 is 1.22 bits per heavy atom. The van der Waals surface area contributed by atoms with Crippen LogP contribution in [-0.2, 0) is 0 Å². The van der Waals surface area contributed by atoms with Crippen molar-refractivity contribution in [2.45, 2.75) is 38.6 Å². The molecular formula is C19H22N6O2. The molecule has 2 aromatic heterocycles. The van der Waals surface area contributed by atoms with Crippen LogP contribution in [0.1, 0.15) is 53.6 Å². The minimum Gasteiger partial charge on any atom is -0.364 e. The predicted octanol–water partition coefficient (Wildman–Crippen LogP) is 2.61. The van der Waals surface area contributed by atoms with Gasteiger partial charge in [0.25, 0.3) is 11.8 Å². The Morgan fingerprint density at radius 3 is 2.74 bits per heavy atom. The highest BCUT2D eigenvalue weighted by Gasteiger charge is 2.36. The third-order valence-corrected chi connectivity index (χ3v) is 5.31. The SMILES string of the molecule is CC1CCCCC1N(C(=O)c1[nH]cnc1C(N)=O)c1nc2ccccc2[nH]1. The summed E-state index contributed by atoms with van der Waals surface area (Å²) in [5.41, 5.74) is 7.07. The van der Waals surface area contributed by atoms with Crippen LogP contribution in [0.3, 0.4) is 0 Å². The molecule has 0 aliphatic heterocycles. The molecular weight excluding hydrogens is 344 g/mol. The number of benzene rings is 1. The van der Waals surface area contributed by atoms with Gasteiger partial charge in [-0.2, -0.15) is 0 Å². The Morgan fingerprint density at radius 2 is 2.00 bits per heavy atom. The Hall–Kier alpha value is -3.16. The Kier molecular flexibility index (Phi) is 4.39. The number of hydrogen-bond donors (Lipinski definition) is 3. The molecule has 2 unspecified atom stereocenters. The van der Waals surface area contributed by atoms with E-state index < -0.39 is 5.91 Å². The molecule has 1 aliphatic carbocycles. The monoisotopic (exact) mass is 366 g/mol. The van der Waals surface area contributed by atoms with Crippen molar-refractivity contribution in [2.24, 2.45) is 11.7 Å². The Balaban J connectivity index is 1.81. The van der Waals surface area contributed by atoms with E-state index in [1.807, 2.05) is 24.3 Å². The molecule has 1 saturated carbocycles. The number of aromatic amines is 2. The first-order valence-corrected chi connectivity index (χ1v) is 9.17. The first-order valence-electron chi connectivity index (χ1n) is 9.17. The van der Waals surface area contributed by atoms with E-state index in [-0.39, 0.29) is 23.3 Å². The van der Waals surface area contributed by atoms with Gasteiger partial charge >= 0.3 is 0 Å². The van der Waals surface area contributed by atoms with Crippen LogP contribution in [0, 0.1) is 5.92 Å². The maximum atomic E-state index is 13.4. The topological polar surface area (TPSA) is 121 Å². The van der Waals surface area contributed by atoms with Crippen molar-refractivity contribution in [2.75, 3.05) is 4.90 Å². The van der Waals surface area contributed by atoms with Crippen molar-refractivity contribution >= 4 is 28.8 Å². The number of hydrogen-bond acceptors (Lipinski definition) is 4. The first-order chi connectivity index (χ1) is 13.1. The minimum absolute atomic E-state index is 0.0177. The fourth-order valence-electron chi connectivity index (χ4n) is 3.90. The normalized spacial score (nSPS) is 19.9. The summed E-state index contributed by atoms with van der Waals surface area (Å²) in [6, 6.07) is 7.62. The van der Waals surface area contributed by atoms with E-state index in [1.165, 1.54) is 6.33 Å². The molecule has 1 aromatic carbocycles. The number of anilines is 1. The molecule has 2 heterocycles. The second kappa shape index (κ2) is 6.86. The maximum Gasteiger partial charge on any atom is 0.279 e. The van der Waals surface area contributed by atoms with Gasteiger partial charge < -0.3 is 15.7 Å². The summed E-state index contributed by atoms with van der Waals surface area (Å²) in [4.78, 5) is 41.4. The van der Waals surface area contributed by atoms with Gasteiger partial charge in [0.1, 0.15) is 5.69 Å². The first kappa shape index (κ1) is 17.3. The van der Waals surface area contributed by atoms with Crippen molar-refractivity contribution in [3.05, 3.63) is 42.0 Å². The van der Waals surface area contributed by atoms with Crippen molar-refractivity contribution < 1.29 is 9.59 Å². The van der Waals surface area contributed by atoms with Gasteiger partial charge in [0.05, 0.1) is 17.4 Å². The quantitative estimate of drug-likeness (QED) is 0.657. The zero-order valence-corrected chi connectivity index (χ0v) is 15.1. The molecule has 2 atom stereocenters. The van der Waals surface area contributed by atoms with Gasteiger partial charge in [0, 0.05) is 6.04 Å². The van der Waals surface area contributed by atoms with Gasteiger partial charge in [0.2, 0.25) is 5.95 Å². The zero-order chi connectivity index (χ0) is 19.0. The van der Waals surface area contributed by atoms with E-state index in [0.717, 1.165) is 36.7 Å². The third kappa shape index (κ3) is 3.07. The standard InChI is InChI=1S/C19H22N6O2/c1-11-6-2-5-9-14(11)25(18(27)16-15(17(20)26)21-10-22-16)19-23-12-7-3-4-8-13(12)24-19/h3-4,7-8,10-11,14H,2,5-6,9H2,1H3,(H2,20,26)(H,21,22)(H,23,24). The Bertz CT molecular complexity index is 958. The maximum absolute atomic E-state index is 13.4. The molecule has 1 fully saturated rings. The van der Waals surface area contributed by atoms with Crippen LogP contribution in [0.15, 0.2) is 30.6 Å². The molecule has 8 nitrogen and oxygen atoms in total. The largest absolute Gasteiger partial charge is 0.364 e. The van der Waals surface area contributed by atoms with Crippen LogP contribution in [-0.4, -0.2) is 37.8 Å². The molecule has 0 saturated heterocycles. The molecule has 4 rings (SSSR count). The summed E-state index contributed by atoms with van der Waals surface area (Å²) in [6.07, 6.45) is 5.43. The van der Waals surface area contributed by atoms with E-state index in [4.69, 9.17) is 5.73 Å². The molecule has 8 heteroatoms. The minimum atomic E-state index is -0.735. The summed E-state index contributed by atoms with van der Waals surface area (Å²) in [6.45, 7) is 2.15. The molecule has 4 N–H and O–H groups in total. The van der Waals surface area contributed by atoms with E-state index in [2.05, 4.69) is 26.9 Å². The molecule has 140 valence electrons. The van der Waals surface area contributed by atoms with Crippen LogP contribution >= 0.6 is 0 Å². The van der Waals surface area contributed by atoms with Crippen molar-refractivity contribution in [1.29, 1.82) is 0 Å². The average molecular weight is 366 g/mol. The number of nitrogens with one attached hydrogen (secondary N) is 2. The van der Waals surface area contributed by atoms with Gasteiger partial charge in [0.15, 0.2) is 5.69 Å². The van der Waals surface area contributed by atoms with Crippen LogP contribution in [0.25, 0.3) is 11.0 Å². The van der Waals surface area contributed by atoms with Crippen LogP contribution in [0.2, 0.25) is 0 Å². The Labute approximate surface area is 156 Å². The zero-order valence-electron chi connectivity index (χ0n) is 15.1. The van der Waals surface area contributed by atoms with Crippen LogP contribution < -0.4 is 10.6 Å². The smallest absolute Gasteiger partial charge is 0.279 e. The molecule has 1 aliphatic rings. The van der Waals surface area contributed by atoms with Crippen molar-refractivity contribution in [3.8, 4) is 0 Å². The number of carbonyl (C=O) groups is 2. The number of rotatable bonds is 4. The number of carbonyl (C=O) groups excluding carboxylic acids is 2. The summed E-state index contributed by atoms with van der Waals surface area (Å²) in [7, 11) is 0. The number of para-hydroxylation sites is 2. The fourth-order valence-corrected chi connectivity index (χ4v) is 3.90. The van der Waals surface area contributed by atoms with Gasteiger partial charge in [-0.15, -0.1) is 0 Å². The summed E-state index contributed by atoms with van der Waals surface area (Å²) in [5.74, 6) is -0.291. The lowest BCUT2D eigenvalue weighted by atomic mass is 9.85. The highest BCUT2D eigenvalue weighted by molar-refractivity contribution is 6.11. The second-order valence-electron chi connectivity index (χ2n) is 7.07. The lowest BCUT2D eigenvalue weighted by molar-refractivity contribution is 0.0934. The summed E-state index contributed by atoms with van der Waals surface area (Å²) < 4.78 is 0. The van der Waals surface area contributed by atoms with Crippen LogP contribution in [0.4, 0.5) is 5.95 Å². The third-order valence-electron chi connectivity index (χ3n) is 5.31. The average Bonchev–Trinajstić information content (AvgIpc) is 3.30. The van der Waals surface area contributed by atoms with Crippen molar-refractivity contribution in [1.82, 2.24) is 19.9 Å². The van der Waals surface area contributed by atoms with E-state index in [0.29, 0.717) is 11.9 Å². The van der Waals surface area contributed by atoms with E-state index in [1.54, 1.807) is 4.90 Å². The molecule has 27 heavy (non-hydrogen) atoms.